The molecule has 4 nitrogen and oxygen atoms in total. The van der Waals surface area contributed by atoms with Crippen LogP contribution in [0.25, 0.3) is 0 Å². The van der Waals surface area contributed by atoms with Crippen molar-refractivity contribution in [3.05, 3.63) is 33.8 Å². The molecule has 0 aromatic heterocycles. The smallest absolute Gasteiger partial charge is 0.305 e. The maximum atomic E-state index is 12.1. The summed E-state index contributed by atoms with van der Waals surface area (Å²) in [7, 11) is 0. The van der Waals surface area contributed by atoms with Gasteiger partial charge in [-0.2, -0.15) is 0 Å². The van der Waals surface area contributed by atoms with E-state index in [2.05, 4.69) is 5.32 Å². The SMILES string of the molecule is O=C(O)CC1(NC(=O)c2ccc(Cl)c(Cl)c2)CCC1. The van der Waals surface area contributed by atoms with Crippen LogP contribution >= 0.6 is 23.2 Å². The summed E-state index contributed by atoms with van der Waals surface area (Å²) in [4.78, 5) is 22.9. The number of amides is 1. The summed E-state index contributed by atoms with van der Waals surface area (Å²) in [5, 5.41) is 12.4. The number of hydrogen-bond donors (Lipinski definition) is 2. The molecule has 2 rings (SSSR count). The number of carbonyl (C=O) groups is 2. The van der Waals surface area contributed by atoms with Crippen LogP contribution < -0.4 is 5.32 Å². The second-order valence-corrected chi connectivity index (χ2v) is 5.60. The van der Waals surface area contributed by atoms with Crippen LogP contribution in [-0.4, -0.2) is 22.5 Å². The second-order valence-electron chi connectivity index (χ2n) is 4.79. The number of hydrogen-bond acceptors (Lipinski definition) is 2. The van der Waals surface area contributed by atoms with Crippen molar-refractivity contribution in [3.8, 4) is 0 Å². The zero-order valence-corrected chi connectivity index (χ0v) is 11.6. The number of halogens is 2. The van der Waals surface area contributed by atoms with E-state index in [9.17, 15) is 9.59 Å². The first-order valence-corrected chi connectivity index (χ1v) is 6.67. The van der Waals surface area contributed by atoms with Gasteiger partial charge in [-0.25, -0.2) is 0 Å². The minimum absolute atomic E-state index is 0.0555. The van der Waals surface area contributed by atoms with Crippen molar-refractivity contribution in [1.82, 2.24) is 5.32 Å². The van der Waals surface area contributed by atoms with Crippen molar-refractivity contribution in [2.24, 2.45) is 0 Å². The molecule has 0 saturated heterocycles. The van der Waals surface area contributed by atoms with Crippen LogP contribution in [0.4, 0.5) is 0 Å². The summed E-state index contributed by atoms with van der Waals surface area (Å²) < 4.78 is 0. The minimum Gasteiger partial charge on any atom is -0.481 e. The first-order chi connectivity index (χ1) is 8.92. The van der Waals surface area contributed by atoms with Gasteiger partial charge in [0, 0.05) is 5.56 Å². The Balaban J connectivity index is 2.11. The lowest BCUT2D eigenvalue weighted by atomic mass is 9.74. The second kappa shape index (κ2) is 5.39. The van der Waals surface area contributed by atoms with Gasteiger partial charge in [0.05, 0.1) is 22.0 Å². The van der Waals surface area contributed by atoms with Crippen molar-refractivity contribution < 1.29 is 14.7 Å². The molecule has 102 valence electrons. The third-order valence-electron chi connectivity index (χ3n) is 3.36. The predicted molar refractivity (Wildman–Crippen MR) is 72.8 cm³/mol. The van der Waals surface area contributed by atoms with E-state index in [-0.39, 0.29) is 12.3 Å². The van der Waals surface area contributed by atoms with Gasteiger partial charge in [-0.05, 0) is 37.5 Å². The average Bonchev–Trinajstić information content (AvgIpc) is 2.29. The topological polar surface area (TPSA) is 66.4 Å². The van der Waals surface area contributed by atoms with Crippen LogP contribution in [0, 0.1) is 0 Å². The molecule has 0 unspecified atom stereocenters. The molecular weight excluding hydrogens is 289 g/mol. The Labute approximate surface area is 120 Å². The van der Waals surface area contributed by atoms with Gasteiger partial charge in [-0.1, -0.05) is 23.2 Å². The molecule has 1 aromatic carbocycles. The first-order valence-electron chi connectivity index (χ1n) is 5.91. The molecule has 19 heavy (non-hydrogen) atoms. The van der Waals surface area contributed by atoms with Crippen molar-refractivity contribution >= 4 is 35.1 Å². The predicted octanol–water partition coefficient (Wildman–Crippen LogP) is 3.12. The third kappa shape index (κ3) is 3.19. The fraction of sp³-hybridized carbons (Fsp3) is 0.385. The van der Waals surface area contributed by atoms with Crippen LogP contribution in [0.5, 0.6) is 0 Å². The number of benzene rings is 1. The van der Waals surface area contributed by atoms with Gasteiger partial charge in [-0.3, -0.25) is 9.59 Å². The fourth-order valence-electron chi connectivity index (χ4n) is 2.19. The molecule has 0 heterocycles. The average molecular weight is 302 g/mol. The Bertz CT molecular complexity index is 527. The quantitative estimate of drug-likeness (QED) is 0.898. The number of carboxylic acids is 1. The van der Waals surface area contributed by atoms with Crippen molar-refractivity contribution in [2.75, 3.05) is 0 Å². The van der Waals surface area contributed by atoms with Crippen LogP contribution in [0.15, 0.2) is 18.2 Å². The molecule has 0 radical (unpaired) electrons. The molecule has 1 aromatic rings. The van der Waals surface area contributed by atoms with E-state index < -0.39 is 11.5 Å². The van der Waals surface area contributed by atoms with Crippen LogP contribution in [0.1, 0.15) is 36.0 Å². The highest BCUT2D eigenvalue weighted by Gasteiger charge is 2.40. The highest BCUT2D eigenvalue weighted by Crippen LogP contribution is 2.35. The molecule has 1 aliphatic rings. The van der Waals surface area contributed by atoms with Gasteiger partial charge >= 0.3 is 5.97 Å². The van der Waals surface area contributed by atoms with Gasteiger partial charge in [0.15, 0.2) is 0 Å². The third-order valence-corrected chi connectivity index (χ3v) is 4.10. The summed E-state index contributed by atoms with van der Waals surface area (Å²) in [6.45, 7) is 0. The molecule has 0 bridgehead atoms. The standard InChI is InChI=1S/C13H13Cl2NO3/c14-9-3-2-8(6-10(9)15)12(19)16-13(4-1-5-13)7-11(17)18/h2-3,6H,1,4-5,7H2,(H,16,19)(H,17,18). The minimum atomic E-state index is -0.908. The fourth-order valence-corrected chi connectivity index (χ4v) is 2.49. The van der Waals surface area contributed by atoms with Gasteiger partial charge in [0.2, 0.25) is 0 Å². The molecule has 1 aliphatic carbocycles. The summed E-state index contributed by atoms with van der Waals surface area (Å²) in [6.07, 6.45) is 2.24. The van der Waals surface area contributed by atoms with Gasteiger partial charge in [0.1, 0.15) is 0 Å². The molecule has 6 heteroatoms. The largest absolute Gasteiger partial charge is 0.481 e. The summed E-state index contributed by atoms with van der Waals surface area (Å²) >= 11 is 11.6. The summed E-state index contributed by atoms with van der Waals surface area (Å²) in [6, 6.07) is 4.59. The molecule has 1 amide bonds. The van der Waals surface area contributed by atoms with E-state index in [0.717, 1.165) is 6.42 Å². The van der Waals surface area contributed by atoms with Crippen molar-refractivity contribution in [3.63, 3.8) is 0 Å². The molecule has 0 atom stereocenters. The van der Waals surface area contributed by atoms with Crippen LogP contribution in [0.3, 0.4) is 0 Å². The lowest BCUT2D eigenvalue weighted by molar-refractivity contribution is -0.139. The Morgan fingerprint density at radius 2 is 1.95 bits per heavy atom. The Morgan fingerprint density at radius 1 is 1.26 bits per heavy atom. The van der Waals surface area contributed by atoms with Crippen molar-refractivity contribution in [2.45, 2.75) is 31.2 Å². The van der Waals surface area contributed by atoms with E-state index >= 15 is 0 Å². The molecular formula is C13H13Cl2NO3. The van der Waals surface area contributed by atoms with E-state index in [4.69, 9.17) is 28.3 Å². The Kier molecular flexibility index (Phi) is 4.02. The van der Waals surface area contributed by atoms with Crippen molar-refractivity contribution in [1.29, 1.82) is 0 Å². The van der Waals surface area contributed by atoms with Crippen LogP contribution in [-0.2, 0) is 4.79 Å². The highest BCUT2D eigenvalue weighted by atomic mass is 35.5. The Morgan fingerprint density at radius 3 is 2.42 bits per heavy atom. The summed E-state index contributed by atoms with van der Waals surface area (Å²) in [5.41, 5.74) is -0.235. The number of rotatable bonds is 4. The van der Waals surface area contributed by atoms with Gasteiger partial charge in [0.25, 0.3) is 5.91 Å². The lowest BCUT2D eigenvalue weighted by Gasteiger charge is -2.41. The normalized spacial score (nSPS) is 16.5. The number of carboxylic acid groups (broad SMARTS) is 1. The first kappa shape index (κ1) is 14.2. The molecule has 1 saturated carbocycles. The van der Waals surface area contributed by atoms with E-state index in [1.165, 1.54) is 6.07 Å². The van der Waals surface area contributed by atoms with Gasteiger partial charge < -0.3 is 10.4 Å². The van der Waals surface area contributed by atoms with E-state index in [1.807, 2.05) is 0 Å². The zero-order valence-electron chi connectivity index (χ0n) is 10.1. The molecule has 0 spiro atoms. The number of nitrogens with one attached hydrogen (secondary N) is 1. The highest BCUT2D eigenvalue weighted by molar-refractivity contribution is 6.42. The maximum absolute atomic E-state index is 12.1. The monoisotopic (exact) mass is 301 g/mol. The lowest BCUT2D eigenvalue weighted by Crippen LogP contribution is -2.54. The maximum Gasteiger partial charge on any atom is 0.305 e. The molecule has 0 aliphatic heterocycles. The van der Waals surface area contributed by atoms with Crippen LogP contribution in [0.2, 0.25) is 10.0 Å². The van der Waals surface area contributed by atoms with E-state index in [1.54, 1.807) is 12.1 Å². The summed E-state index contributed by atoms with van der Waals surface area (Å²) in [5.74, 6) is -1.23. The van der Waals surface area contributed by atoms with E-state index in [0.29, 0.717) is 28.5 Å². The van der Waals surface area contributed by atoms with Gasteiger partial charge in [-0.15, -0.1) is 0 Å². The molecule has 1 fully saturated rings. The zero-order chi connectivity index (χ0) is 14.0. The number of carbonyl (C=O) groups excluding carboxylic acids is 1. The molecule has 2 N–H and O–H groups in total. The Hall–Kier alpha value is -1.26. The number of aliphatic carboxylic acids is 1.